The van der Waals surface area contributed by atoms with Gasteiger partial charge in [0.25, 0.3) is 0 Å². The Morgan fingerprint density at radius 2 is 1.92 bits per heavy atom. The van der Waals surface area contributed by atoms with Gasteiger partial charge >= 0.3 is 11.9 Å². The molecule has 0 fully saturated rings. The van der Waals surface area contributed by atoms with Crippen molar-refractivity contribution in [2.24, 2.45) is 0 Å². The molecular formula is C17H17NO6. The molecule has 0 spiro atoms. The van der Waals surface area contributed by atoms with Gasteiger partial charge in [0.15, 0.2) is 6.61 Å². The monoisotopic (exact) mass is 331 g/mol. The third kappa shape index (κ3) is 3.87. The molecule has 1 aromatic carbocycles. The van der Waals surface area contributed by atoms with Gasteiger partial charge in [0.05, 0.1) is 6.07 Å². The maximum Gasteiger partial charge on any atom is 0.433 e. The highest BCUT2D eigenvalue weighted by Crippen LogP contribution is 2.17. The first-order valence-corrected chi connectivity index (χ1v) is 7.52. The van der Waals surface area contributed by atoms with E-state index in [1.165, 1.54) is 0 Å². The van der Waals surface area contributed by atoms with Crippen LogP contribution in [-0.2, 0) is 17.6 Å². The summed E-state index contributed by atoms with van der Waals surface area (Å²) in [5, 5.41) is 10.5. The highest BCUT2D eigenvalue weighted by atomic mass is 16.7. The molecule has 2 aromatic rings. The van der Waals surface area contributed by atoms with E-state index in [0.29, 0.717) is 12.0 Å². The first-order valence-electron chi connectivity index (χ1n) is 7.52. The lowest BCUT2D eigenvalue weighted by atomic mass is 9.98. The van der Waals surface area contributed by atoms with E-state index in [1.807, 2.05) is 26.0 Å². The Bertz CT molecular complexity index is 777. The topological polar surface area (TPSA) is 99.7 Å². The number of aryl methyl sites for hydroxylation is 2. The Morgan fingerprint density at radius 3 is 2.50 bits per heavy atom. The van der Waals surface area contributed by atoms with E-state index in [0.717, 1.165) is 29.7 Å². The van der Waals surface area contributed by atoms with Crippen LogP contribution in [-0.4, -0.2) is 23.3 Å². The minimum atomic E-state index is -0.916. The van der Waals surface area contributed by atoms with Gasteiger partial charge in [0.2, 0.25) is 11.5 Å². The maximum atomic E-state index is 12.3. The molecule has 0 bridgehead atoms. The Morgan fingerprint density at radius 1 is 1.17 bits per heavy atom. The fraction of sp³-hybridized carbons (Fsp3) is 0.294. The van der Waals surface area contributed by atoms with Gasteiger partial charge in [-0.05, 0) is 36.1 Å². The van der Waals surface area contributed by atoms with E-state index >= 15 is 0 Å². The molecule has 0 saturated carbocycles. The van der Waals surface area contributed by atoms with Crippen LogP contribution in [0.1, 0.15) is 45.9 Å². The Labute approximate surface area is 138 Å². The van der Waals surface area contributed by atoms with E-state index in [-0.39, 0.29) is 11.5 Å². The van der Waals surface area contributed by atoms with Crippen LogP contribution in [0.5, 0.6) is 0 Å². The molecule has 0 aliphatic carbocycles. The standard InChI is InChI=1S/C17H17NO6/c1-3-11-5-6-12(4-2)13(9-11)14(19)10-23-17(20)15-7-8-16(24-15)18(21)22/h5-9H,3-4,10H2,1-2H3. The predicted octanol–water partition coefficient (Wildman–Crippen LogP) is 3.35. The average molecular weight is 331 g/mol. The molecule has 0 N–H and O–H groups in total. The lowest BCUT2D eigenvalue weighted by molar-refractivity contribution is -0.402. The Balaban J connectivity index is 2.07. The van der Waals surface area contributed by atoms with E-state index in [4.69, 9.17) is 9.15 Å². The van der Waals surface area contributed by atoms with Crippen molar-refractivity contribution in [3.05, 3.63) is 62.9 Å². The molecule has 126 valence electrons. The number of esters is 1. The zero-order valence-electron chi connectivity index (χ0n) is 13.4. The number of hydrogen-bond donors (Lipinski definition) is 0. The van der Waals surface area contributed by atoms with E-state index in [9.17, 15) is 19.7 Å². The van der Waals surface area contributed by atoms with Gasteiger partial charge in [0.1, 0.15) is 4.92 Å². The molecule has 2 rings (SSSR count). The average Bonchev–Trinajstić information content (AvgIpc) is 3.09. The van der Waals surface area contributed by atoms with Crippen LogP contribution >= 0.6 is 0 Å². The number of benzene rings is 1. The van der Waals surface area contributed by atoms with Crippen LogP contribution in [0, 0.1) is 10.1 Å². The highest BCUT2D eigenvalue weighted by molar-refractivity contribution is 6.00. The summed E-state index contributed by atoms with van der Waals surface area (Å²) in [6.07, 6.45) is 1.48. The van der Waals surface area contributed by atoms with Crippen molar-refractivity contribution in [2.45, 2.75) is 26.7 Å². The van der Waals surface area contributed by atoms with E-state index in [1.54, 1.807) is 6.07 Å². The lowest BCUT2D eigenvalue weighted by Gasteiger charge is -2.09. The number of hydrogen-bond acceptors (Lipinski definition) is 6. The first-order chi connectivity index (χ1) is 11.5. The van der Waals surface area contributed by atoms with Gasteiger partial charge in [-0.2, -0.15) is 0 Å². The number of nitrogens with zero attached hydrogens (tertiary/aromatic N) is 1. The molecule has 7 heteroatoms. The molecule has 7 nitrogen and oxygen atoms in total. The second-order valence-corrected chi connectivity index (χ2v) is 5.09. The van der Waals surface area contributed by atoms with Crippen LogP contribution in [0.15, 0.2) is 34.7 Å². The number of carbonyl (C=O) groups excluding carboxylic acids is 2. The molecule has 1 aromatic heterocycles. The van der Waals surface area contributed by atoms with Crippen molar-refractivity contribution in [3.8, 4) is 0 Å². The first kappa shape index (κ1) is 17.4. The van der Waals surface area contributed by atoms with Crippen molar-refractivity contribution in [3.63, 3.8) is 0 Å². The summed E-state index contributed by atoms with van der Waals surface area (Å²) in [6.45, 7) is 3.47. The Kier molecular flexibility index (Phi) is 5.47. The van der Waals surface area contributed by atoms with Gasteiger partial charge in [-0.3, -0.25) is 14.9 Å². The normalized spacial score (nSPS) is 10.4. The fourth-order valence-corrected chi connectivity index (χ4v) is 2.23. The smallest absolute Gasteiger partial charge is 0.433 e. The number of furan rings is 1. The largest absolute Gasteiger partial charge is 0.451 e. The third-order valence-corrected chi connectivity index (χ3v) is 3.57. The highest BCUT2D eigenvalue weighted by Gasteiger charge is 2.20. The summed E-state index contributed by atoms with van der Waals surface area (Å²) in [5.74, 6) is -2.11. The number of carbonyl (C=O) groups is 2. The summed E-state index contributed by atoms with van der Waals surface area (Å²) < 4.78 is 9.65. The van der Waals surface area contributed by atoms with Crippen LogP contribution in [0.2, 0.25) is 0 Å². The second-order valence-electron chi connectivity index (χ2n) is 5.09. The van der Waals surface area contributed by atoms with Gasteiger partial charge < -0.3 is 9.15 Å². The summed E-state index contributed by atoms with van der Waals surface area (Å²) in [4.78, 5) is 33.9. The summed E-state index contributed by atoms with van der Waals surface area (Å²) in [5.41, 5.74) is 2.42. The molecule has 0 unspecified atom stereocenters. The fourth-order valence-electron chi connectivity index (χ4n) is 2.23. The van der Waals surface area contributed by atoms with Crippen molar-refractivity contribution >= 4 is 17.6 Å². The summed E-state index contributed by atoms with van der Waals surface area (Å²) in [6, 6.07) is 7.85. The van der Waals surface area contributed by atoms with Crippen LogP contribution in [0.3, 0.4) is 0 Å². The molecule has 0 saturated heterocycles. The van der Waals surface area contributed by atoms with Gasteiger partial charge in [-0.15, -0.1) is 0 Å². The van der Waals surface area contributed by atoms with Crippen LogP contribution < -0.4 is 0 Å². The Hall–Kier alpha value is -2.96. The minimum absolute atomic E-state index is 0.312. The number of nitro groups is 1. The minimum Gasteiger partial charge on any atom is -0.451 e. The van der Waals surface area contributed by atoms with E-state index in [2.05, 4.69) is 0 Å². The molecular weight excluding hydrogens is 314 g/mol. The van der Waals surface area contributed by atoms with Crippen molar-refractivity contribution in [1.29, 1.82) is 0 Å². The number of rotatable bonds is 7. The quantitative estimate of drug-likeness (QED) is 0.334. The summed E-state index contributed by atoms with van der Waals surface area (Å²) >= 11 is 0. The second kappa shape index (κ2) is 7.54. The maximum absolute atomic E-state index is 12.3. The number of Topliss-reactive ketones (excluding diaryl/α,β-unsaturated/α-hetero) is 1. The van der Waals surface area contributed by atoms with Crippen molar-refractivity contribution in [1.82, 2.24) is 0 Å². The zero-order chi connectivity index (χ0) is 17.7. The molecule has 0 aliphatic heterocycles. The molecule has 1 heterocycles. The SMILES string of the molecule is CCc1ccc(CC)c(C(=O)COC(=O)c2ccc([N+](=O)[O-])o2)c1. The van der Waals surface area contributed by atoms with Crippen molar-refractivity contribution in [2.75, 3.05) is 6.61 Å². The molecule has 24 heavy (non-hydrogen) atoms. The molecule has 0 atom stereocenters. The lowest BCUT2D eigenvalue weighted by Crippen LogP contribution is -2.15. The number of ether oxygens (including phenoxy) is 1. The molecule has 0 amide bonds. The predicted molar refractivity (Wildman–Crippen MR) is 85.2 cm³/mol. The van der Waals surface area contributed by atoms with Crippen LogP contribution in [0.25, 0.3) is 0 Å². The number of ketones is 1. The molecule has 0 radical (unpaired) electrons. The van der Waals surface area contributed by atoms with Gasteiger partial charge in [-0.1, -0.05) is 26.0 Å². The van der Waals surface area contributed by atoms with Crippen LogP contribution in [0.4, 0.5) is 5.88 Å². The zero-order valence-corrected chi connectivity index (χ0v) is 13.4. The van der Waals surface area contributed by atoms with Crippen molar-refractivity contribution < 1.29 is 23.7 Å². The van der Waals surface area contributed by atoms with Gasteiger partial charge in [-0.25, -0.2) is 4.79 Å². The third-order valence-electron chi connectivity index (χ3n) is 3.57. The van der Waals surface area contributed by atoms with Gasteiger partial charge in [0, 0.05) is 5.56 Å². The molecule has 0 aliphatic rings. The van der Waals surface area contributed by atoms with E-state index < -0.39 is 23.4 Å². The summed E-state index contributed by atoms with van der Waals surface area (Å²) in [7, 11) is 0.